The molecule has 2 rings (SSSR count). The molecule has 0 radical (unpaired) electrons. The fourth-order valence-corrected chi connectivity index (χ4v) is 2.44. The van der Waals surface area contributed by atoms with E-state index in [9.17, 15) is 0 Å². The third-order valence-corrected chi connectivity index (χ3v) is 3.63. The summed E-state index contributed by atoms with van der Waals surface area (Å²) >= 11 is 0. The summed E-state index contributed by atoms with van der Waals surface area (Å²) in [5, 5.41) is 3.66. The zero-order chi connectivity index (χ0) is 10.7. The lowest BCUT2D eigenvalue weighted by Crippen LogP contribution is -2.54. The van der Waals surface area contributed by atoms with Crippen LogP contribution in [-0.4, -0.2) is 49.8 Å². The van der Waals surface area contributed by atoms with E-state index in [1.807, 2.05) is 0 Å². The lowest BCUT2D eigenvalue weighted by Gasteiger charge is -2.38. The molecule has 2 fully saturated rings. The van der Waals surface area contributed by atoms with E-state index in [0.29, 0.717) is 12.1 Å². The zero-order valence-corrected chi connectivity index (χ0v) is 10.0. The maximum absolute atomic E-state index is 5.61. The molecule has 1 saturated heterocycles. The van der Waals surface area contributed by atoms with Crippen LogP contribution in [0.2, 0.25) is 0 Å². The number of hydrogen-bond acceptors (Lipinski definition) is 3. The van der Waals surface area contributed by atoms with E-state index in [4.69, 9.17) is 4.74 Å². The normalized spacial score (nSPS) is 32.2. The molecule has 2 unspecified atom stereocenters. The molecule has 0 amide bonds. The molecule has 15 heavy (non-hydrogen) atoms. The fourth-order valence-electron chi connectivity index (χ4n) is 2.44. The Morgan fingerprint density at radius 3 is 2.80 bits per heavy atom. The molecule has 1 aliphatic carbocycles. The van der Waals surface area contributed by atoms with Gasteiger partial charge in [0.05, 0.1) is 6.61 Å². The van der Waals surface area contributed by atoms with Gasteiger partial charge in [0.2, 0.25) is 0 Å². The van der Waals surface area contributed by atoms with Crippen LogP contribution in [0.3, 0.4) is 0 Å². The van der Waals surface area contributed by atoms with Crippen molar-refractivity contribution in [2.75, 3.05) is 26.8 Å². The molecule has 1 heterocycles. The van der Waals surface area contributed by atoms with Crippen molar-refractivity contribution in [1.29, 1.82) is 0 Å². The minimum absolute atomic E-state index is 0.595. The molecule has 2 aliphatic rings. The molecule has 0 aromatic heterocycles. The summed E-state index contributed by atoms with van der Waals surface area (Å²) in [6, 6.07) is 2.07. The van der Waals surface area contributed by atoms with Gasteiger partial charge in [0.25, 0.3) is 0 Å². The van der Waals surface area contributed by atoms with Gasteiger partial charge in [0, 0.05) is 24.7 Å². The highest BCUT2D eigenvalue weighted by molar-refractivity contribution is 4.93. The highest BCUT2D eigenvalue weighted by Gasteiger charge is 2.36. The zero-order valence-electron chi connectivity index (χ0n) is 10.0. The predicted molar refractivity (Wildman–Crippen MR) is 62.1 cm³/mol. The van der Waals surface area contributed by atoms with Crippen LogP contribution in [0.1, 0.15) is 32.6 Å². The Hall–Kier alpha value is -0.120. The summed E-state index contributed by atoms with van der Waals surface area (Å²) in [4.78, 5) is 2.53. The van der Waals surface area contributed by atoms with Gasteiger partial charge in [-0.3, -0.25) is 4.90 Å². The first-order chi connectivity index (χ1) is 7.33. The first kappa shape index (κ1) is 11.4. The molecular weight excluding hydrogens is 188 g/mol. The Labute approximate surface area is 93.2 Å². The Bertz CT molecular complexity index is 194. The van der Waals surface area contributed by atoms with Crippen molar-refractivity contribution in [3.63, 3.8) is 0 Å². The Morgan fingerprint density at radius 2 is 2.13 bits per heavy atom. The van der Waals surface area contributed by atoms with E-state index < -0.39 is 0 Å². The van der Waals surface area contributed by atoms with Crippen molar-refractivity contribution in [2.45, 2.75) is 50.7 Å². The van der Waals surface area contributed by atoms with Crippen LogP contribution >= 0.6 is 0 Å². The third-order valence-electron chi connectivity index (χ3n) is 3.63. The van der Waals surface area contributed by atoms with Crippen molar-refractivity contribution in [2.24, 2.45) is 0 Å². The number of rotatable bonds is 5. The van der Waals surface area contributed by atoms with Gasteiger partial charge in [-0.15, -0.1) is 0 Å². The van der Waals surface area contributed by atoms with Crippen molar-refractivity contribution >= 4 is 0 Å². The van der Waals surface area contributed by atoms with E-state index >= 15 is 0 Å². The molecule has 0 aromatic rings. The van der Waals surface area contributed by atoms with Crippen LogP contribution in [0.15, 0.2) is 0 Å². The van der Waals surface area contributed by atoms with Gasteiger partial charge < -0.3 is 10.1 Å². The summed E-state index contributed by atoms with van der Waals surface area (Å²) < 4.78 is 5.61. The maximum Gasteiger partial charge on any atom is 0.0637 e. The molecule has 0 spiro atoms. The van der Waals surface area contributed by atoms with Gasteiger partial charge in [-0.25, -0.2) is 0 Å². The molecule has 0 aromatic carbocycles. The first-order valence-corrected chi connectivity index (χ1v) is 6.36. The van der Waals surface area contributed by atoms with Gasteiger partial charge in [-0.2, -0.15) is 0 Å². The quantitative estimate of drug-likeness (QED) is 0.742. The number of hydrogen-bond donors (Lipinski definition) is 1. The smallest absolute Gasteiger partial charge is 0.0637 e. The Morgan fingerprint density at radius 1 is 1.33 bits per heavy atom. The molecule has 1 N–H and O–H groups in total. The molecule has 3 heteroatoms. The number of nitrogens with one attached hydrogen (secondary N) is 1. The fraction of sp³-hybridized carbons (Fsp3) is 1.00. The second-order valence-corrected chi connectivity index (χ2v) is 4.89. The molecule has 3 nitrogen and oxygen atoms in total. The van der Waals surface area contributed by atoms with Gasteiger partial charge in [0.1, 0.15) is 0 Å². The second kappa shape index (κ2) is 5.28. The largest absolute Gasteiger partial charge is 0.380 e. The van der Waals surface area contributed by atoms with E-state index in [-0.39, 0.29) is 0 Å². The predicted octanol–water partition coefficient (Wildman–Crippen LogP) is 1.24. The standard InChI is InChI=1S/C12H24N2O/c1-3-7-13-11-6-8-15-9-12(11)14(2)10-4-5-10/h10-13H,3-9H2,1-2H3. The number of ether oxygens (including phenoxy) is 1. The third kappa shape index (κ3) is 2.92. The summed E-state index contributed by atoms with van der Waals surface area (Å²) in [6.07, 6.45) is 5.15. The van der Waals surface area contributed by atoms with E-state index in [1.54, 1.807) is 0 Å². The van der Waals surface area contributed by atoms with Crippen LogP contribution in [0, 0.1) is 0 Å². The van der Waals surface area contributed by atoms with Crippen molar-refractivity contribution in [3.8, 4) is 0 Å². The summed E-state index contributed by atoms with van der Waals surface area (Å²) in [7, 11) is 2.26. The van der Waals surface area contributed by atoms with Crippen LogP contribution in [-0.2, 0) is 4.74 Å². The Kier molecular flexibility index (Phi) is 4.00. The monoisotopic (exact) mass is 212 g/mol. The van der Waals surface area contributed by atoms with Crippen LogP contribution in [0.4, 0.5) is 0 Å². The van der Waals surface area contributed by atoms with Crippen LogP contribution in [0.25, 0.3) is 0 Å². The minimum atomic E-state index is 0.595. The number of likely N-dealkylation sites (N-methyl/N-ethyl adjacent to an activating group) is 1. The lowest BCUT2D eigenvalue weighted by atomic mass is 10.0. The second-order valence-electron chi connectivity index (χ2n) is 4.89. The minimum Gasteiger partial charge on any atom is -0.380 e. The average molecular weight is 212 g/mol. The SMILES string of the molecule is CCCNC1CCOCC1N(C)C1CC1. The van der Waals surface area contributed by atoms with Crippen molar-refractivity contribution < 1.29 is 4.74 Å². The summed E-state index contributed by atoms with van der Waals surface area (Å²) in [5.41, 5.74) is 0. The van der Waals surface area contributed by atoms with Gasteiger partial charge >= 0.3 is 0 Å². The van der Waals surface area contributed by atoms with E-state index in [1.165, 1.54) is 25.7 Å². The van der Waals surface area contributed by atoms with Crippen LogP contribution < -0.4 is 5.32 Å². The maximum atomic E-state index is 5.61. The highest BCUT2D eigenvalue weighted by atomic mass is 16.5. The Balaban J connectivity index is 1.86. The van der Waals surface area contributed by atoms with Gasteiger partial charge in [-0.1, -0.05) is 6.92 Å². The molecule has 1 saturated carbocycles. The number of nitrogens with zero attached hydrogens (tertiary/aromatic N) is 1. The van der Waals surface area contributed by atoms with E-state index in [2.05, 4.69) is 24.2 Å². The molecule has 88 valence electrons. The summed E-state index contributed by atoms with van der Waals surface area (Å²) in [5.74, 6) is 0. The topological polar surface area (TPSA) is 24.5 Å². The highest BCUT2D eigenvalue weighted by Crippen LogP contribution is 2.29. The first-order valence-electron chi connectivity index (χ1n) is 6.36. The van der Waals surface area contributed by atoms with E-state index in [0.717, 1.165) is 25.8 Å². The van der Waals surface area contributed by atoms with Gasteiger partial charge in [-0.05, 0) is 39.3 Å². The van der Waals surface area contributed by atoms with Crippen LogP contribution in [0.5, 0.6) is 0 Å². The molecule has 1 aliphatic heterocycles. The molecule has 0 bridgehead atoms. The van der Waals surface area contributed by atoms with Gasteiger partial charge in [0.15, 0.2) is 0 Å². The summed E-state index contributed by atoms with van der Waals surface area (Å²) in [6.45, 7) is 5.20. The molecular formula is C12H24N2O. The average Bonchev–Trinajstić information content (AvgIpc) is 3.09. The van der Waals surface area contributed by atoms with Crippen molar-refractivity contribution in [1.82, 2.24) is 10.2 Å². The molecule has 2 atom stereocenters. The van der Waals surface area contributed by atoms with Crippen molar-refractivity contribution in [3.05, 3.63) is 0 Å². The lowest BCUT2D eigenvalue weighted by molar-refractivity contribution is 0.00338.